The van der Waals surface area contributed by atoms with Gasteiger partial charge in [0.05, 0.1) is 11.1 Å². The molecule has 0 radical (unpaired) electrons. The summed E-state index contributed by atoms with van der Waals surface area (Å²) in [5, 5.41) is 13.7. The fourth-order valence-corrected chi connectivity index (χ4v) is 5.63. The lowest BCUT2D eigenvalue weighted by Gasteiger charge is -2.39. The number of hydrogen-bond donors (Lipinski definition) is 1. The van der Waals surface area contributed by atoms with Gasteiger partial charge in [-0.05, 0) is 61.0 Å². The third-order valence-corrected chi connectivity index (χ3v) is 7.65. The van der Waals surface area contributed by atoms with Crippen molar-refractivity contribution in [3.05, 3.63) is 63.7 Å². The Kier molecular flexibility index (Phi) is 5.90. The van der Waals surface area contributed by atoms with Gasteiger partial charge in [0, 0.05) is 49.7 Å². The summed E-state index contributed by atoms with van der Waals surface area (Å²) in [5.41, 5.74) is 1.92. The molecule has 1 N–H and O–H groups in total. The number of aromatic nitrogens is 5. The third-order valence-electron chi connectivity index (χ3n) is 7.65. The molecule has 0 saturated carbocycles. The van der Waals surface area contributed by atoms with Crippen LogP contribution in [-0.4, -0.2) is 74.8 Å². The molecule has 1 fully saturated rings. The van der Waals surface area contributed by atoms with Crippen molar-refractivity contribution < 1.29 is 18.9 Å². The Morgan fingerprint density at radius 1 is 0.900 bits per heavy atom. The van der Waals surface area contributed by atoms with E-state index in [0.29, 0.717) is 28.4 Å². The van der Waals surface area contributed by atoms with E-state index in [9.17, 15) is 4.79 Å². The number of piperazine rings is 1. The molecule has 0 aliphatic carbocycles. The second kappa shape index (κ2) is 9.49. The zero-order valence-corrected chi connectivity index (χ0v) is 22.7. The molecule has 12 heteroatoms. The number of rotatable bonds is 5. The van der Waals surface area contributed by atoms with Crippen LogP contribution in [0.5, 0.6) is 23.0 Å². The summed E-state index contributed by atoms with van der Waals surface area (Å²) in [6.07, 6.45) is 0. The molecular weight excluding hydrogens is 514 g/mol. The van der Waals surface area contributed by atoms with E-state index in [1.54, 1.807) is 0 Å². The molecule has 1 saturated heterocycles. The highest BCUT2D eigenvalue weighted by Crippen LogP contribution is 2.37. The van der Waals surface area contributed by atoms with Crippen molar-refractivity contribution in [2.75, 3.05) is 39.8 Å². The number of aromatic amines is 1. The zero-order chi connectivity index (χ0) is 27.4. The predicted molar refractivity (Wildman–Crippen MR) is 145 cm³/mol. The Balaban J connectivity index is 1.21. The van der Waals surface area contributed by atoms with Crippen molar-refractivity contribution in [2.24, 2.45) is 0 Å². The zero-order valence-electron chi connectivity index (χ0n) is 22.7. The maximum atomic E-state index is 13.6. The highest BCUT2D eigenvalue weighted by Gasteiger charge is 2.35. The largest absolute Gasteiger partial charge is 0.454 e. The van der Waals surface area contributed by atoms with Crippen molar-refractivity contribution in [3.8, 4) is 23.0 Å². The van der Waals surface area contributed by atoms with Crippen molar-refractivity contribution in [3.63, 3.8) is 0 Å². The number of pyridine rings is 1. The van der Waals surface area contributed by atoms with Crippen LogP contribution in [0, 0.1) is 0 Å². The highest BCUT2D eigenvalue weighted by atomic mass is 16.7. The van der Waals surface area contributed by atoms with Crippen molar-refractivity contribution in [2.45, 2.75) is 38.9 Å². The Bertz CT molecular complexity index is 1630. The first kappa shape index (κ1) is 24.9. The average molecular weight is 546 g/mol. The minimum absolute atomic E-state index is 0.169. The molecule has 4 aromatic rings. The van der Waals surface area contributed by atoms with Crippen LogP contribution in [-0.2, 0) is 12.1 Å². The van der Waals surface area contributed by atoms with E-state index in [2.05, 4.69) is 63.2 Å². The van der Waals surface area contributed by atoms with Crippen LogP contribution in [0.3, 0.4) is 0 Å². The number of nitrogens with one attached hydrogen (secondary N) is 1. The van der Waals surface area contributed by atoms with Crippen LogP contribution >= 0.6 is 0 Å². The number of hydrogen-bond acceptors (Lipinski definition) is 10. The Morgan fingerprint density at radius 2 is 1.60 bits per heavy atom. The fraction of sp³-hybridized carbons (Fsp3) is 0.429. The first-order valence-corrected chi connectivity index (χ1v) is 13.4. The number of H-pyrrole nitrogens is 1. The minimum Gasteiger partial charge on any atom is -0.454 e. The van der Waals surface area contributed by atoms with Crippen LogP contribution in [0.2, 0.25) is 0 Å². The first-order chi connectivity index (χ1) is 19.3. The number of benzene rings is 2. The molecule has 3 aliphatic heterocycles. The molecule has 0 amide bonds. The van der Waals surface area contributed by atoms with E-state index in [4.69, 9.17) is 18.9 Å². The summed E-state index contributed by atoms with van der Waals surface area (Å²) in [4.78, 5) is 21.4. The summed E-state index contributed by atoms with van der Waals surface area (Å²) >= 11 is 0. The van der Waals surface area contributed by atoms with Crippen molar-refractivity contribution >= 4 is 10.9 Å². The van der Waals surface area contributed by atoms with Gasteiger partial charge in [-0.25, -0.2) is 4.68 Å². The van der Waals surface area contributed by atoms with Gasteiger partial charge in [0.1, 0.15) is 6.04 Å². The SMILES string of the molecule is CC(C)(C)n1nnnc1[C@@H](c1cc2cc3c(cc2[nH]c1=O)OCO3)N1CCN(Cc2ccc3c(c2)OCO3)CC1. The lowest BCUT2D eigenvalue weighted by Crippen LogP contribution is -2.49. The molecule has 0 spiro atoms. The van der Waals surface area contributed by atoms with Crippen LogP contribution in [0.4, 0.5) is 0 Å². The van der Waals surface area contributed by atoms with E-state index in [0.717, 1.165) is 49.6 Å². The van der Waals surface area contributed by atoms with Crippen LogP contribution in [0.15, 0.2) is 41.2 Å². The van der Waals surface area contributed by atoms with Gasteiger partial charge >= 0.3 is 0 Å². The fourth-order valence-electron chi connectivity index (χ4n) is 5.63. The average Bonchev–Trinajstić information content (AvgIpc) is 3.69. The quantitative estimate of drug-likeness (QED) is 0.401. The summed E-state index contributed by atoms with van der Waals surface area (Å²) in [5.74, 6) is 3.52. The molecule has 3 aliphatic rings. The van der Waals surface area contributed by atoms with E-state index >= 15 is 0 Å². The summed E-state index contributed by atoms with van der Waals surface area (Å²) in [7, 11) is 0. The number of fused-ring (bicyclic) bond motifs is 3. The molecule has 1 atom stereocenters. The monoisotopic (exact) mass is 545 g/mol. The van der Waals surface area contributed by atoms with Crippen molar-refractivity contribution in [1.29, 1.82) is 0 Å². The summed E-state index contributed by atoms with van der Waals surface area (Å²) in [6.45, 7) is 10.5. The second-order valence-corrected chi connectivity index (χ2v) is 11.4. The molecule has 0 bridgehead atoms. The molecule has 5 heterocycles. The van der Waals surface area contributed by atoms with Gasteiger partial charge in [-0.3, -0.25) is 14.6 Å². The standard InChI is InChI=1S/C28H31N7O5/c1-28(2,3)35-26(30-31-32-35)25(19-11-18-12-23-24(40-16-39-23)13-20(18)29-27(19)36)34-8-6-33(7-9-34)14-17-4-5-21-22(10-17)38-15-37-21/h4-5,10-13,25H,6-9,14-16H2,1-3H3,(H,29,36)/t25-/m1/s1. The van der Waals surface area contributed by atoms with Crippen LogP contribution < -0.4 is 24.5 Å². The second-order valence-electron chi connectivity index (χ2n) is 11.4. The minimum atomic E-state index is -0.430. The van der Waals surface area contributed by atoms with Gasteiger partial charge in [-0.2, -0.15) is 0 Å². The highest BCUT2D eigenvalue weighted by molar-refractivity contribution is 5.83. The summed E-state index contributed by atoms with van der Waals surface area (Å²) < 4.78 is 23.9. The van der Waals surface area contributed by atoms with Gasteiger partial charge in [-0.1, -0.05) is 6.07 Å². The van der Waals surface area contributed by atoms with Gasteiger partial charge in [0.15, 0.2) is 28.8 Å². The Morgan fingerprint density at radius 3 is 2.35 bits per heavy atom. The lowest BCUT2D eigenvalue weighted by molar-refractivity contribution is 0.0975. The van der Waals surface area contributed by atoms with E-state index in [-0.39, 0.29) is 24.7 Å². The molecule has 2 aromatic carbocycles. The normalized spacial score (nSPS) is 18.0. The molecule has 7 rings (SSSR count). The Hall–Kier alpha value is -4.16. The van der Waals surface area contributed by atoms with E-state index in [1.807, 2.05) is 28.9 Å². The van der Waals surface area contributed by atoms with Gasteiger partial charge in [-0.15, -0.1) is 5.10 Å². The third kappa shape index (κ3) is 4.42. The Labute approximate surface area is 230 Å². The number of tetrazole rings is 1. The molecule has 208 valence electrons. The van der Waals surface area contributed by atoms with Gasteiger partial charge in [0.2, 0.25) is 13.6 Å². The topological polar surface area (TPSA) is 120 Å². The summed E-state index contributed by atoms with van der Waals surface area (Å²) in [6, 6.07) is 11.3. The maximum Gasteiger partial charge on any atom is 0.253 e. The van der Waals surface area contributed by atoms with E-state index < -0.39 is 6.04 Å². The first-order valence-electron chi connectivity index (χ1n) is 13.4. The molecule has 40 heavy (non-hydrogen) atoms. The molecule has 12 nitrogen and oxygen atoms in total. The maximum absolute atomic E-state index is 13.6. The molecule has 2 aromatic heterocycles. The van der Waals surface area contributed by atoms with E-state index in [1.165, 1.54) is 5.56 Å². The lowest BCUT2D eigenvalue weighted by atomic mass is 10.0. The predicted octanol–water partition coefficient (Wildman–Crippen LogP) is 2.63. The van der Waals surface area contributed by atoms with Gasteiger partial charge in [0.25, 0.3) is 5.56 Å². The number of ether oxygens (including phenoxy) is 4. The van der Waals surface area contributed by atoms with Crippen LogP contribution in [0.1, 0.15) is 43.8 Å². The molecule has 0 unspecified atom stereocenters. The van der Waals surface area contributed by atoms with Gasteiger partial charge < -0.3 is 23.9 Å². The van der Waals surface area contributed by atoms with Crippen molar-refractivity contribution in [1.82, 2.24) is 35.0 Å². The number of nitrogens with zero attached hydrogens (tertiary/aromatic N) is 6. The smallest absolute Gasteiger partial charge is 0.253 e. The van der Waals surface area contributed by atoms with Crippen LogP contribution in [0.25, 0.3) is 10.9 Å². The molecular formula is C28H31N7O5.